The number of anilines is 2. The van der Waals surface area contributed by atoms with Gasteiger partial charge in [0.15, 0.2) is 5.65 Å². The summed E-state index contributed by atoms with van der Waals surface area (Å²) in [7, 11) is 1.64. The van der Waals surface area contributed by atoms with E-state index >= 15 is 0 Å². The average Bonchev–Trinajstić information content (AvgIpc) is 3.05. The van der Waals surface area contributed by atoms with Gasteiger partial charge in [-0.2, -0.15) is 5.10 Å². The molecule has 0 aliphatic rings. The molecule has 4 rings (SSSR count). The summed E-state index contributed by atoms with van der Waals surface area (Å²) in [5, 5.41) is 21.1. The maximum absolute atomic E-state index is 9.59. The largest absolute Gasteiger partial charge is 0.508 e. The third-order valence-electron chi connectivity index (χ3n) is 3.89. The normalized spacial score (nSPS) is 10.8. The quantitative estimate of drug-likeness (QED) is 0.524. The van der Waals surface area contributed by atoms with Crippen molar-refractivity contribution in [3.8, 4) is 22.8 Å². The number of aromatic nitrogens is 3. The van der Waals surface area contributed by atoms with E-state index in [-0.39, 0.29) is 5.75 Å². The summed E-state index contributed by atoms with van der Waals surface area (Å²) in [5.41, 5.74) is 4.05. The van der Waals surface area contributed by atoms with Crippen LogP contribution in [-0.4, -0.2) is 27.4 Å². The molecule has 0 aliphatic heterocycles. The molecule has 2 aromatic carbocycles. The van der Waals surface area contributed by atoms with Gasteiger partial charge >= 0.3 is 0 Å². The smallest absolute Gasteiger partial charge is 0.155 e. The number of nitrogens with one attached hydrogen (secondary N) is 2. The fourth-order valence-corrected chi connectivity index (χ4v) is 2.71. The molecule has 0 radical (unpaired) electrons. The molecule has 25 heavy (non-hydrogen) atoms. The minimum absolute atomic E-state index is 0.208. The van der Waals surface area contributed by atoms with E-state index in [4.69, 9.17) is 4.74 Å². The summed E-state index contributed by atoms with van der Waals surface area (Å²) < 4.78 is 5.29. The van der Waals surface area contributed by atoms with Crippen LogP contribution in [0, 0.1) is 0 Å². The SMILES string of the molecule is COc1cccc(-c2n[nH]c3ncc(Nc4cccc(O)c4)cc23)c1. The zero-order valence-corrected chi connectivity index (χ0v) is 13.5. The van der Waals surface area contributed by atoms with Gasteiger partial charge in [-0.25, -0.2) is 4.98 Å². The Kier molecular flexibility index (Phi) is 3.70. The number of aromatic amines is 1. The van der Waals surface area contributed by atoms with Crippen LogP contribution in [0.3, 0.4) is 0 Å². The number of fused-ring (bicyclic) bond motifs is 1. The van der Waals surface area contributed by atoms with Crippen LogP contribution in [0.15, 0.2) is 60.8 Å². The fraction of sp³-hybridized carbons (Fsp3) is 0.0526. The van der Waals surface area contributed by atoms with E-state index in [9.17, 15) is 5.11 Å². The molecular weight excluding hydrogens is 316 g/mol. The second kappa shape index (κ2) is 6.16. The number of nitrogens with zero attached hydrogens (tertiary/aromatic N) is 2. The number of aromatic hydroxyl groups is 1. The van der Waals surface area contributed by atoms with Crippen molar-refractivity contribution in [1.29, 1.82) is 0 Å². The van der Waals surface area contributed by atoms with Crippen molar-refractivity contribution >= 4 is 22.4 Å². The third-order valence-corrected chi connectivity index (χ3v) is 3.89. The molecule has 0 fully saturated rings. The van der Waals surface area contributed by atoms with Crippen molar-refractivity contribution < 1.29 is 9.84 Å². The van der Waals surface area contributed by atoms with Gasteiger partial charge in [0.05, 0.1) is 19.0 Å². The monoisotopic (exact) mass is 332 g/mol. The Morgan fingerprint density at radius 1 is 1.04 bits per heavy atom. The fourth-order valence-electron chi connectivity index (χ4n) is 2.71. The zero-order chi connectivity index (χ0) is 17.2. The number of phenols is 1. The van der Waals surface area contributed by atoms with E-state index in [1.54, 1.807) is 31.5 Å². The minimum atomic E-state index is 0.208. The first-order valence-electron chi connectivity index (χ1n) is 7.77. The van der Waals surface area contributed by atoms with E-state index < -0.39 is 0 Å². The molecule has 0 atom stereocenters. The number of hydrogen-bond donors (Lipinski definition) is 3. The van der Waals surface area contributed by atoms with Gasteiger partial charge in [-0.3, -0.25) is 5.10 Å². The molecule has 0 unspecified atom stereocenters. The molecule has 2 aromatic heterocycles. The van der Waals surface area contributed by atoms with Gasteiger partial charge in [-0.1, -0.05) is 18.2 Å². The number of phenolic OH excluding ortho intramolecular Hbond substituents is 1. The number of rotatable bonds is 4. The molecule has 4 aromatic rings. The second-order valence-electron chi connectivity index (χ2n) is 5.60. The van der Waals surface area contributed by atoms with Gasteiger partial charge in [-0.05, 0) is 30.3 Å². The Balaban J connectivity index is 1.74. The molecule has 3 N–H and O–H groups in total. The van der Waals surface area contributed by atoms with E-state index in [0.29, 0.717) is 5.65 Å². The Morgan fingerprint density at radius 2 is 1.92 bits per heavy atom. The number of pyridine rings is 1. The molecule has 0 aliphatic carbocycles. The highest BCUT2D eigenvalue weighted by atomic mass is 16.5. The summed E-state index contributed by atoms with van der Waals surface area (Å²) in [6.07, 6.45) is 1.72. The highest BCUT2D eigenvalue weighted by molar-refractivity contribution is 5.93. The van der Waals surface area contributed by atoms with Crippen LogP contribution < -0.4 is 10.1 Å². The predicted molar refractivity (Wildman–Crippen MR) is 97.3 cm³/mol. The molecular formula is C19H16N4O2. The molecule has 0 saturated heterocycles. The summed E-state index contributed by atoms with van der Waals surface area (Å²) in [6.45, 7) is 0. The first-order chi connectivity index (χ1) is 12.2. The molecule has 6 heteroatoms. The maximum atomic E-state index is 9.59. The number of ether oxygens (including phenoxy) is 1. The second-order valence-corrected chi connectivity index (χ2v) is 5.60. The lowest BCUT2D eigenvalue weighted by molar-refractivity contribution is 0.415. The maximum Gasteiger partial charge on any atom is 0.155 e. The standard InChI is InChI=1S/C19H16N4O2/c1-25-16-7-2-4-12(8-16)18-17-10-14(11-20-19(17)23-22-18)21-13-5-3-6-15(24)9-13/h2-11,21,24H,1H3,(H,20,22,23). The number of methoxy groups -OCH3 is 1. The number of hydrogen-bond acceptors (Lipinski definition) is 5. The van der Waals surface area contributed by atoms with Gasteiger partial charge in [-0.15, -0.1) is 0 Å². The van der Waals surface area contributed by atoms with Crippen LogP contribution in [-0.2, 0) is 0 Å². The number of H-pyrrole nitrogens is 1. The van der Waals surface area contributed by atoms with E-state index in [0.717, 1.165) is 33.8 Å². The first kappa shape index (κ1) is 15.0. The zero-order valence-electron chi connectivity index (χ0n) is 13.5. The molecule has 0 bridgehead atoms. The van der Waals surface area contributed by atoms with Crippen molar-refractivity contribution in [2.75, 3.05) is 12.4 Å². The van der Waals surface area contributed by atoms with Crippen molar-refractivity contribution in [2.24, 2.45) is 0 Å². The molecule has 2 heterocycles. The topological polar surface area (TPSA) is 83.1 Å². The van der Waals surface area contributed by atoms with Gasteiger partial charge in [0.25, 0.3) is 0 Å². The van der Waals surface area contributed by atoms with E-state index in [2.05, 4.69) is 20.5 Å². The Hall–Kier alpha value is -3.54. The molecule has 0 spiro atoms. The molecule has 0 amide bonds. The highest BCUT2D eigenvalue weighted by Crippen LogP contribution is 2.30. The summed E-state index contributed by atoms with van der Waals surface area (Å²) in [6, 6.07) is 16.7. The summed E-state index contributed by atoms with van der Waals surface area (Å²) in [5.74, 6) is 0.982. The Morgan fingerprint density at radius 3 is 2.76 bits per heavy atom. The van der Waals surface area contributed by atoms with Gasteiger partial charge in [0.2, 0.25) is 0 Å². The average molecular weight is 332 g/mol. The van der Waals surface area contributed by atoms with Gasteiger partial charge in [0.1, 0.15) is 17.2 Å². The van der Waals surface area contributed by atoms with Crippen LogP contribution in [0.25, 0.3) is 22.3 Å². The van der Waals surface area contributed by atoms with Gasteiger partial charge in [0, 0.05) is 22.7 Å². The Labute approximate surface area is 144 Å². The minimum Gasteiger partial charge on any atom is -0.508 e. The lowest BCUT2D eigenvalue weighted by Gasteiger charge is -2.07. The van der Waals surface area contributed by atoms with Crippen LogP contribution >= 0.6 is 0 Å². The van der Waals surface area contributed by atoms with E-state index in [1.165, 1.54) is 0 Å². The lowest BCUT2D eigenvalue weighted by Crippen LogP contribution is -1.91. The van der Waals surface area contributed by atoms with Crippen LogP contribution in [0.4, 0.5) is 11.4 Å². The Bertz CT molecular complexity index is 1040. The van der Waals surface area contributed by atoms with E-state index in [1.807, 2.05) is 36.4 Å². The molecule has 6 nitrogen and oxygen atoms in total. The number of benzene rings is 2. The van der Waals surface area contributed by atoms with Gasteiger partial charge < -0.3 is 15.2 Å². The lowest BCUT2D eigenvalue weighted by atomic mass is 10.1. The molecule has 0 saturated carbocycles. The van der Waals surface area contributed by atoms with Crippen LogP contribution in [0.2, 0.25) is 0 Å². The summed E-state index contributed by atoms with van der Waals surface area (Å²) >= 11 is 0. The first-order valence-corrected chi connectivity index (χ1v) is 7.77. The van der Waals surface area contributed by atoms with Crippen molar-refractivity contribution in [2.45, 2.75) is 0 Å². The molecule has 124 valence electrons. The van der Waals surface area contributed by atoms with Crippen molar-refractivity contribution in [1.82, 2.24) is 15.2 Å². The third kappa shape index (κ3) is 2.97. The van der Waals surface area contributed by atoms with Crippen molar-refractivity contribution in [3.63, 3.8) is 0 Å². The van der Waals surface area contributed by atoms with Crippen LogP contribution in [0.1, 0.15) is 0 Å². The van der Waals surface area contributed by atoms with Crippen LogP contribution in [0.5, 0.6) is 11.5 Å². The summed E-state index contributed by atoms with van der Waals surface area (Å²) in [4.78, 5) is 4.41. The predicted octanol–water partition coefficient (Wildman–Crippen LogP) is 4.08. The highest BCUT2D eigenvalue weighted by Gasteiger charge is 2.11. The van der Waals surface area contributed by atoms with Crippen molar-refractivity contribution in [3.05, 3.63) is 60.8 Å².